The van der Waals surface area contributed by atoms with E-state index in [2.05, 4.69) is 38.0 Å². The number of piperidine rings is 1. The quantitative estimate of drug-likeness (QED) is 0.673. The molecule has 2 fully saturated rings. The topological polar surface area (TPSA) is 80.1 Å². The standard InChI is InChI=1S/C22H29N7O/c1-28(2)16-5-4-6-17(11-16)29-21-20(26-27-29)18(30-3)12-19(25-21)24-15-13-22(14-15)7-9-23-10-8-22/h4-6,11-12,15,23H,7-10,13-14H2,1-3H3,(H,24,25). The van der Waals surface area contributed by atoms with Gasteiger partial charge in [0, 0.05) is 31.9 Å². The van der Waals surface area contributed by atoms with E-state index in [0.29, 0.717) is 28.4 Å². The van der Waals surface area contributed by atoms with Gasteiger partial charge in [-0.25, -0.2) is 4.98 Å². The summed E-state index contributed by atoms with van der Waals surface area (Å²) in [5.74, 6) is 1.51. The summed E-state index contributed by atoms with van der Waals surface area (Å²) in [6.07, 6.45) is 4.97. The Morgan fingerprint density at radius 3 is 2.73 bits per heavy atom. The van der Waals surface area contributed by atoms with Crippen LogP contribution in [0.3, 0.4) is 0 Å². The van der Waals surface area contributed by atoms with Gasteiger partial charge in [-0.1, -0.05) is 11.3 Å². The Hall–Kier alpha value is -2.87. The lowest BCUT2D eigenvalue weighted by Crippen LogP contribution is -2.50. The molecule has 1 spiro atoms. The minimum absolute atomic E-state index is 0.458. The van der Waals surface area contributed by atoms with Crippen molar-refractivity contribution in [3.05, 3.63) is 30.3 Å². The molecule has 158 valence electrons. The first-order valence-corrected chi connectivity index (χ1v) is 10.6. The molecule has 1 saturated heterocycles. The third kappa shape index (κ3) is 3.35. The summed E-state index contributed by atoms with van der Waals surface area (Å²) in [6.45, 7) is 2.28. The van der Waals surface area contributed by atoms with E-state index >= 15 is 0 Å². The SMILES string of the molecule is COc1cc(NC2CC3(CCNCC3)C2)nc2c1nnn2-c1cccc(N(C)C)c1. The first-order valence-electron chi connectivity index (χ1n) is 10.6. The average Bonchev–Trinajstić information content (AvgIpc) is 3.17. The van der Waals surface area contributed by atoms with Crippen LogP contribution < -0.4 is 20.3 Å². The molecule has 1 aliphatic heterocycles. The lowest BCUT2D eigenvalue weighted by atomic mass is 9.60. The van der Waals surface area contributed by atoms with Crippen molar-refractivity contribution < 1.29 is 4.74 Å². The highest BCUT2D eigenvalue weighted by atomic mass is 16.5. The molecule has 2 aromatic heterocycles. The fraction of sp³-hybridized carbons (Fsp3) is 0.500. The van der Waals surface area contributed by atoms with Crippen LogP contribution in [0, 0.1) is 5.41 Å². The van der Waals surface area contributed by atoms with Crippen molar-refractivity contribution >= 4 is 22.7 Å². The van der Waals surface area contributed by atoms with Crippen molar-refractivity contribution in [2.75, 3.05) is 44.5 Å². The van der Waals surface area contributed by atoms with Gasteiger partial charge < -0.3 is 20.3 Å². The molecule has 1 aliphatic carbocycles. The van der Waals surface area contributed by atoms with E-state index in [-0.39, 0.29) is 0 Å². The molecule has 0 amide bonds. The molecule has 8 heteroatoms. The number of methoxy groups -OCH3 is 1. The fourth-order valence-corrected chi connectivity index (χ4v) is 4.84. The number of aromatic nitrogens is 4. The zero-order chi connectivity index (χ0) is 20.7. The summed E-state index contributed by atoms with van der Waals surface area (Å²) in [6, 6.07) is 10.6. The third-order valence-electron chi connectivity index (χ3n) is 6.56. The number of hydrogen-bond acceptors (Lipinski definition) is 7. The first kappa shape index (κ1) is 19.1. The highest BCUT2D eigenvalue weighted by Crippen LogP contribution is 2.48. The van der Waals surface area contributed by atoms with E-state index in [9.17, 15) is 0 Å². The summed E-state index contributed by atoms with van der Waals surface area (Å²) in [4.78, 5) is 6.94. The van der Waals surface area contributed by atoms with Gasteiger partial charge in [-0.15, -0.1) is 5.10 Å². The summed E-state index contributed by atoms with van der Waals surface area (Å²) in [5, 5.41) is 15.8. The zero-order valence-corrected chi connectivity index (χ0v) is 17.9. The second kappa shape index (κ2) is 7.43. The Labute approximate surface area is 176 Å². The van der Waals surface area contributed by atoms with Gasteiger partial charge in [0.2, 0.25) is 0 Å². The predicted octanol–water partition coefficient (Wildman–Crippen LogP) is 2.83. The molecule has 5 rings (SSSR count). The van der Waals surface area contributed by atoms with E-state index in [1.54, 1.807) is 11.8 Å². The van der Waals surface area contributed by atoms with Gasteiger partial charge in [-0.2, -0.15) is 4.68 Å². The molecular weight excluding hydrogens is 378 g/mol. The summed E-state index contributed by atoms with van der Waals surface area (Å²) in [7, 11) is 5.71. The number of fused-ring (bicyclic) bond motifs is 1. The van der Waals surface area contributed by atoms with Gasteiger partial charge in [0.25, 0.3) is 0 Å². The lowest BCUT2D eigenvalue weighted by Gasteiger charge is -2.50. The van der Waals surface area contributed by atoms with Gasteiger partial charge in [0.15, 0.2) is 16.9 Å². The van der Waals surface area contributed by atoms with Crippen LogP contribution >= 0.6 is 0 Å². The van der Waals surface area contributed by atoms with Gasteiger partial charge in [-0.3, -0.25) is 0 Å². The number of ether oxygens (including phenoxy) is 1. The predicted molar refractivity (Wildman–Crippen MR) is 119 cm³/mol. The molecule has 2 aliphatic rings. The number of hydrogen-bond donors (Lipinski definition) is 2. The number of pyridine rings is 1. The van der Waals surface area contributed by atoms with Crippen molar-refractivity contribution in [1.29, 1.82) is 0 Å². The molecule has 0 atom stereocenters. The number of benzene rings is 1. The van der Waals surface area contributed by atoms with Gasteiger partial charge in [-0.05, 0) is 62.4 Å². The molecular formula is C22H29N7O. The Morgan fingerprint density at radius 1 is 1.20 bits per heavy atom. The Morgan fingerprint density at radius 2 is 2.00 bits per heavy atom. The minimum Gasteiger partial charge on any atom is -0.494 e. The molecule has 8 nitrogen and oxygen atoms in total. The number of anilines is 2. The minimum atomic E-state index is 0.458. The zero-order valence-electron chi connectivity index (χ0n) is 17.9. The summed E-state index contributed by atoms with van der Waals surface area (Å²) < 4.78 is 7.39. The van der Waals surface area contributed by atoms with E-state index < -0.39 is 0 Å². The lowest BCUT2D eigenvalue weighted by molar-refractivity contribution is 0.0717. The normalized spacial score (nSPS) is 18.4. The van der Waals surface area contributed by atoms with Crippen LogP contribution in [0.15, 0.2) is 30.3 Å². The van der Waals surface area contributed by atoms with E-state index in [1.165, 1.54) is 25.7 Å². The molecule has 0 radical (unpaired) electrons. The van der Waals surface area contributed by atoms with E-state index in [4.69, 9.17) is 9.72 Å². The molecule has 3 heterocycles. The molecule has 3 aromatic rings. The van der Waals surface area contributed by atoms with Crippen molar-refractivity contribution in [2.24, 2.45) is 5.41 Å². The molecule has 1 aromatic carbocycles. The number of rotatable bonds is 5. The molecule has 0 bridgehead atoms. The maximum absolute atomic E-state index is 5.61. The Kier molecular flexibility index (Phi) is 4.73. The van der Waals surface area contributed by atoms with Gasteiger partial charge >= 0.3 is 0 Å². The maximum atomic E-state index is 5.61. The van der Waals surface area contributed by atoms with Crippen LogP contribution in [-0.2, 0) is 0 Å². The molecule has 2 N–H and O–H groups in total. The average molecular weight is 408 g/mol. The van der Waals surface area contributed by atoms with Gasteiger partial charge in [0.05, 0.1) is 12.8 Å². The van der Waals surface area contributed by atoms with E-state index in [1.807, 2.05) is 32.3 Å². The van der Waals surface area contributed by atoms with Crippen molar-refractivity contribution in [3.8, 4) is 11.4 Å². The number of nitrogens with zero attached hydrogens (tertiary/aromatic N) is 5. The molecule has 30 heavy (non-hydrogen) atoms. The first-order chi connectivity index (χ1) is 14.6. The molecule has 1 saturated carbocycles. The van der Waals surface area contributed by atoms with Crippen molar-refractivity contribution in [2.45, 2.75) is 31.7 Å². The van der Waals surface area contributed by atoms with Crippen molar-refractivity contribution in [3.63, 3.8) is 0 Å². The maximum Gasteiger partial charge on any atom is 0.189 e. The van der Waals surface area contributed by atoms with Crippen LogP contribution in [0.5, 0.6) is 5.75 Å². The monoisotopic (exact) mass is 407 g/mol. The Bertz CT molecular complexity index is 1050. The van der Waals surface area contributed by atoms with Crippen molar-refractivity contribution in [1.82, 2.24) is 25.3 Å². The summed E-state index contributed by atoms with van der Waals surface area (Å²) >= 11 is 0. The second-order valence-corrected chi connectivity index (χ2v) is 8.80. The van der Waals surface area contributed by atoms with Crippen LogP contribution in [0.1, 0.15) is 25.7 Å². The highest BCUT2D eigenvalue weighted by molar-refractivity contribution is 5.81. The van der Waals surface area contributed by atoms with E-state index in [0.717, 1.165) is 30.3 Å². The smallest absolute Gasteiger partial charge is 0.189 e. The van der Waals surface area contributed by atoms with Crippen LogP contribution in [0.2, 0.25) is 0 Å². The largest absolute Gasteiger partial charge is 0.494 e. The summed E-state index contributed by atoms with van der Waals surface area (Å²) in [5.41, 5.74) is 3.91. The van der Waals surface area contributed by atoms with Crippen LogP contribution in [0.4, 0.5) is 11.5 Å². The highest BCUT2D eigenvalue weighted by Gasteiger charge is 2.44. The Balaban J connectivity index is 1.44. The molecule has 0 unspecified atom stereocenters. The third-order valence-corrected chi connectivity index (χ3v) is 6.56. The van der Waals surface area contributed by atoms with Gasteiger partial charge in [0.1, 0.15) is 5.82 Å². The van der Waals surface area contributed by atoms with Crippen LogP contribution in [0.25, 0.3) is 16.9 Å². The fourth-order valence-electron chi connectivity index (χ4n) is 4.84. The second-order valence-electron chi connectivity index (χ2n) is 8.80. The van der Waals surface area contributed by atoms with Crippen LogP contribution in [-0.4, -0.2) is 60.3 Å². The number of nitrogens with one attached hydrogen (secondary N) is 2.